The molecule has 0 aliphatic carbocycles. The van der Waals surface area contributed by atoms with Crippen LogP contribution >= 0.6 is 0 Å². The molecule has 1 aromatic carbocycles. The predicted octanol–water partition coefficient (Wildman–Crippen LogP) is 2.86. The van der Waals surface area contributed by atoms with Crippen LogP contribution < -0.4 is 0 Å². The number of allylic oxidation sites excluding steroid dienone is 2. The summed E-state index contributed by atoms with van der Waals surface area (Å²) in [6.45, 7) is 5.18. The maximum Gasteiger partial charge on any atom is 0.272 e. The Balaban J connectivity index is 3.23. The lowest BCUT2D eigenvalue weighted by atomic mass is 10.00. The quantitative estimate of drug-likeness (QED) is 0.362. The second kappa shape index (κ2) is 5.65. The SMILES string of the molecule is CC(=CC(=O)c1cc(C)c([N+](=O)[O-])cc1C)N(C)C. The molecule has 0 spiro atoms. The highest BCUT2D eigenvalue weighted by atomic mass is 16.6. The first kappa shape index (κ1) is 14.9. The minimum Gasteiger partial charge on any atom is -0.381 e. The summed E-state index contributed by atoms with van der Waals surface area (Å²) in [5.41, 5.74) is 2.49. The van der Waals surface area contributed by atoms with Gasteiger partial charge in [-0.1, -0.05) is 0 Å². The third-order valence-corrected chi connectivity index (χ3v) is 3.05. The van der Waals surface area contributed by atoms with Gasteiger partial charge in [-0.2, -0.15) is 0 Å². The standard InChI is InChI=1S/C14H18N2O3/c1-9-7-13(16(18)19)10(2)6-12(9)14(17)8-11(3)15(4)5/h6-8H,1-5H3. The number of rotatable bonds is 4. The largest absolute Gasteiger partial charge is 0.381 e. The van der Waals surface area contributed by atoms with E-state index >= 15 is 0 Å². The van der Waals surface area contributed by atoms with Crippen molar-refractivity contribution in [2.45, 2.75) is 20.8 Å². The second-order valence-corrected chi connectivity index (χ2v) is 4.76. The average molecular weight is 262 g/mol. The fourth-order valence-corrected chi connectivity index (χ4v) is 1.66. The molecule has 0 fully saturated rings. The molecule has 0 saturated carbocycles. The fourth-order valence-electron chi connectivity index (χ4n) is 1.66. The van der Waals surface area contributed by atoms with Crippen molar-refractivity contribution < 1.29 is 9.72 Å². The van der Waals surface area contributed by atoms with E-state index < -0.39 is 4.92 Å². The summed E-state index contributed by atoms with van der Waals surface area (Å²) < 4.78 is 0. The molecule has 102 valence electrons. The zero-order valence-electron chi connectivity index (χ0n) is 11.9. The third kappa shape index (κ3) is 3.40. The van der Waals surface area contributed by atoms with Crippen LogP contribution in [0.25, 0.3) is 0 Å². The van der Waals surface area contributed by atoms with Crippen LogP contribution in [0.4, 0.5) is 5.69 Å². The van der Waals surface area contributed by atoms with Crippen molar-refractivity contribution >= 4 is 11.5 Å². The molecular weight excluding hydrogens is 244 g/mol. The van der Waals surface area contributed by atoms with Crippen LogP contribution in [0.5, 0.6) is 0 Å². The molecule has 0 heterocycles. The Kier molecular flexibility index (Phi) is 4.43. The summed E-state index contributed by atoms with van der Waals surface area (Å²) in [6.07, 6.45) is 1.54. The molecule has 0 saturated heterocycles. The predicted molar refractivity (Wildman–Crippen MR) is 74.3 cm³/mol. The van der Waals surface area contributed by atoms with Crippen molar-refractivity contribution in [2.75, 3.05) is 14.1 Å². The fraction of sp³-hybridized carbons (Fsp3) is 0.357. The molecule has 1 aromatic rings. The molecule has 0 amide bonds. The van der Waals surface area contributed by atoms with Crippen molar-refractivity contribution in [3.63, 3.8) is 0 Å². The maximum atomic E-state index is 12.1. The van der Waals surface area contributed by atoms with Gasteiger partial charge in [0.1, 0.15) is 0 Å². The first-order chi connectivity index (χ1) is 8.73. The number of nitro groups is 1. The van der Waals surface area contributed by atoms with Gasteiger partial charge in [0.05, 0.1) is 4.92 Å². The zero-order valence-corrected chi connectivity index (χ0v) is 11.9. The molecule has 0 bridgehead atoms. The molecule has 0 radical (unpaired) electrons. The van der Waals surface area contributed by atoms with Crippen molar-refractivity contribution in [1.82, 2.24) is 4.90 Å². The van der Waals surface area contributed by atoms with Crippen LogP contribution in [0.3, 0.4) is 0 Å². The lowest BCUT2D eigenvalue weighted by Gasteiger charge is -2.12. The van der Waals surface area contributed by atoms with Gasteiger partial charge < -0.3 is 4.90 Å². The van der Waals surface area contributed by atoms with Crippen LogP contribution in [-0.2, 0) is 0 Å². The lowest BCUT2D eigenvalue weighted by molar-refractivity contribution is -0.385. The third-order valence-electron chi connectivity index (χ3n) is 3.05. The van der Waals surface area contributed by atoms with Crippen LogP contribution in [0.15, 0.2) is 23.9 Å². The maximum absolute atomic E-state index is 12.1. The van der Waals surface area contributed by atoms with Gasteiger partial charge in [0, 0.05) is 43.1 Å². The van der Waals surface area contributed by atoms with Crippen LogP contribution in [0, 0.1) is 24.0 Å². The van der Waals surface area contributed by atoms with Crippen molar-refractivity contribution in [2.24, 2.45) is 0 Å². The second-order valence-electron chi connectivity index (χ2n) is 4.76. The van der Waals surface area contributed by atoms with E-state index in [1.165, 1.54) is 12.1 Å². The van der Waals surface area contributed by atoms with Gasteiger partial charge in [0.15, 0.2) is 5.78 Å². The Labute approximate surface area is 112 Å². The first-order valence-electron chi connectivity index (χ1n) is 5.89. The number of carbonyl (C=O) groups excluding carboxylic acids is 1. The first-order valence-corrected chi connectivity index (χ1v) is 5.89. The molecule has 5 heteroatoms. The minimum absolute atomic E-state index is 0.0439. The average Bonchev–Trinajstić information content (AvgIpc) is 2.30. The van der Waals surface area contributed by atoms with Crippen LogP contribution in [-0.4, -0.2) is 29.7 Å². The van der Waals surface area contributed by atoms with Gasteiger partial charge in [-0.25, -0.2) is 0 Å². The molecule has 5 nitrogen and oxygen atoms in total. The number of carbonyl (C=O) groups is 1. The van der Waals surface area contributed by atoms with E-state index in [0.29, 0.717) is 16.7 Å². The minimum atomic E-state index is -0.433. The summed E-state index contributed by atoms with van der Waals surface area (Å²) in [7, 11) is 3.71. The molecule has 0 unspecified atom stereocenters. The van der Waals surface area contributed by atoms with E-state index in [0.717, 1.165) is 5.70 Å². The van der Waals surface area contributed by atoms with Crippen molar-refractivity contribution in [3.8, 4) is 0 Å². The topological polar surface area (TPSA) is 63.4 Å². The normalized spacial score (nSPS) is 11.3. The van der Waals surface area contributed by atoms with Crippen LogP contribution in [0.2, 0.25) is 0 Å². The number of hydrogen-bond donors (Lipinski definition) is 0. The van der Waals surface area contributed by atoms with Gasteiger partial charge in [-0.05, 0) is 32.4 Å². The smallest absolute Gasteiger partial charge is 0.272 e. The molecule has 0 N–H and O–H groups in total. The molecule has 0 aliphatic rings. The Bertz CT molecular complexity index is 560. The monoisotopic (exact) mass is 262 g/mol. The number of nitrogens with zero attached hydrogens (tertiary/aromatic N) is 2. The highest BCUT2D eigenvalue weighted by molar-refractivity contribution is 6.06. The van der Waals surface area contributed by atoms with Gasteiger partial charge in [-0.15, -0.1) is 0 Å². The summed E-state index contributed by atoms with van der Waals surface area (Å²) in [4.78, 5) is 24.4. The molecule has 1 rings (SSSR count). The van der Waals surface area contributed by atoms with E-state index in [9.17, 15) is 14.9 Å². The van der Waals surface area contributed by atoms with E-state index in [1.807, 2.05) is 25.9 Å². The zero-order chi connectivity index (χ0) is 14.7. The lowest BCUT2D eigenvalue weighted by Crippen LogP contribution is -2.11. The Morgan fingerprint density at radius 1 is 1.26 bits per heavy atom. The Hall–Kier alpha value is -2.17. The van der Waals surface area contributed by atoms with E-state index in [1.54, 1.807) is 19.9 Å². The summed E-state index contributed by atoms with van der Waals surface area (Å²) in [6, 6.07) is 3.02. The number of aryl methyl sites for hydroxylation is 2. The van der Waals surface area contributed by atoms with E-state index in [4.69, 9.17) is 0 Å². The summed E-state index contributed by atoms with van der Waals surface area (Å²) in [5, 5.41) is 10.8. The number of benzene rings is 1. The molecule has 0 aliphatic heterocycles. The Morgan fingerprint density at radius 3 is 2.32 bits per heavy atom. The van der Waals surface area contributed by atoms with Gasteiger partial charge in [0.25, 0.3) is 5.69 Å². The summed E-state index contributed by atoms with van der Waals surface area (Å²) in [5.74, 6) is -0.137. The number of hydrogen-bond acceptors (Lipinski definition) is 4. The van der Waals surface area contributed by atoms with Gasteiger partial charge in [-0.3, -0.25) is 14.9 Å². The number of nitro benzene ring substituents is 1. The van der Waals surface area contributed by atoms with E-state index in [-0.39, 0.29) is 11.5 Å². The van der Waals surface area contributed by atoms with Gasteiger partial charge in [0.2, 0.25) is 0 Å². The van der Waals surface area contributed by atoms with Crippen molar-refractivity contribution in [3.05, 3.63) is 50.7 Å². The van der Waals surface area contributed by atoms with Crippen LogP contribution in [0.1, 0.15) is 28.4 Å². The highest BCUT2D eigenvalue weighted by Crippen LogP contribution is 2.23. The molecule has 0 atom stereocenters. The van der Waals surface area contributed by atoms with E-state index in [2.05, 4.69) is 0 Å². The van der Waals surface area contributed by atoms with Crippen molar-refractivity contribution in [1.29, 1.82) is 0 Å². The Morgan fingerprint density at radius 2 is 1.84 bits per heavy atom. The molecular formula is C14H18N2O3. The highest BCUT2D eigenvalue weighted by Gasteiger charge is 2.16. The number of ketones is 1. The molecule has 0 aromatic heterocycles. The van der Waals surface area contributed by atoms with Gasteiger partial charge >= 0.3 is 0 Å². The molecule has 19 heavy (non-hydrogen) atoms. The summed E-state index contributed by atoms with van der Waals surface area (Å²) >= 11 is 0.